The molecule has 1 unspecified atom stereocenters. The number of rotatable bonds is 4. The summed E-state index contributed by atoms with van der Waals surface area (Å²) in [6.07, 6.45) is 0.923. The number of fused-ring (bicyclic) bond motifs is 1. The third kappa shape index (κ3) is 2.77. The fourth-order valence-corrected chi connectivity index (χ4v) is 2.61. The molecule has 3 rings (SSSR count). The van der Waals surface area contributed by atoms with Gasteiger partial charge in [-0.15, -0.1) is 0 Å². The highest BCUT2D eigenvalue weighted by Crippen LogP contribution is 2.28. The topological polar surface area (TPSA) is 64.4 Å². The molecule has 0 saturated carbocycles. The molecule has 1 N–H and O–H groups in total. The van der Waals surface area contributed by atoms with Crippen molar-refractivity contribution < 1.29 is 14.1 Å². The summed E-state index contributed by atoms with van der Waals surface area (Å²) in [5.41, 5.74) is 3.03. The van der Waals surface area contributed by atoms with Gasteiger partial charge in [0.2, 0.25) is 0 Å². The number of hydrogen-bond acceptors (Lipinski definition) is 4. The van der Waals surface area contributed by atoms with E-state index in [2.05, 4.69) is 10.5 Å². The Labute approximate surface area is 123 Å². The average molecular weight is 286 g/mol. The molecule has 0 spiro atoms. The van der Waals surface area contributed by atoms with Crippen LogP contribution < -0.4 is 10.1 Å². The number of aryl methyl sites for hydroxylation is 2. The maximum atomic E-state index is 12.1. The quantitative estimate of drug-likeness (QED) is 0.933. The van der Waals surface area contributed by atoms with E-state index in [9.17, 15) is 4.79 Å². The van der Waals surface area contributed by atoms with E-state index in [1.165, 1.54) is 0 Å². The molecule has 2 heterocycles. The molecule has 1 aliphatic heterocycles. The van der Waals surface area contributed by atoms with Crippen LogP contribution in [0.4, 0.5) is 0 Å². The molecular formula is C16H18N2O3. The highest BCUT2D eigenvalue weighted by Gasteiger charge is 2.28. The second-order valence-electron chi connectivity index (χ2n) is 5.26. The van der Waals surface area contributed by atoms with Gasteiger partial charge in [-0.2, -0.15) is 0 Å². The van der Waals surface area contributed by atoms with Crippen LogP contribution in [-0.2, 0) is 17.6 Å². The lowest BCUT2D eigenvalue weighted by atomic mass is 10.1. The summed E-state index contributed by atoms with van der Waals surface area (Å²) in [7, 11) is 0. The van der Waals surface area contributed by atoms with Crippen LogP contribution in [0, 0.1) is 13.8 Å². The van der Waals surface area contributed by atoms with Gasteiger partial charge in [0.15, 0.2) is 6.10 Å². The van der Waals surface area contributed by atoms with Gasteiger partial charge in [-0.05, 0) is 31.9 Å². The summed E-state index contributed by atoms with van der Waals surface area (Å²) >= 11 is 0. The Kier molecular flexibility index (Phi) is 3.64. The van der Waals surface area contributed by atoms with Crippen LogP contribution in [0.25, 0.3) is 0 Å². The Morgan fingerprint density at radius 1 is 1.38 bits per heavy atom. The van der Waals surface area contributed by atoms with Crippen molar-refractivity contribution in [3.05, 3.63) is 46.8 Å². The first-order valence-electron chi connectivity index (χ1n) is 7.09. The normalized spacial score (nSPS) is 16.4. The van der Waals surface area contributed by atoms with E-state index in [1.54, 1.807) is 0 Å². The number of nitrogens with zero attached hydrogens (tertiary/aromatic N) is 1. The summed E-state index contributed by atoms with van der Waals surface area (Å²) in [4.78, 5) is 12.1. The molecule has 0 radical (unpaired) electrons. The molecule has 2 aromatic rings. The first-order valence-corrected chi connectivity index (χ1v) is 7.09. The number of para-hydroxylation sites is 1. The van der Waals surface area contributed by atoms with Gasteiger partial charge in [0.25, 0.3) is 5.91 Å². The van der Waals surface area contributed by atoms with E-state index in [0.29, 0.717) is 19.4 Å². The molecule has 1 aromatic heterocycles. The number of amides is 1. The van der Waals surface area contributed by atoms with Crippen molar-refractivity contribution in [3.8, 4) is 5.75 Å². The first kappa shape index (κ1) is 13.7. The smallest absolute Gasteiger partial charge is 0.261 e. The van der Waals surface area contributed by atoms with Gasteiger partial charge in [0.05, 0.1) is 5.69 Å². The van der Waals surface area contributed by atoms with Crippen LogP contribution in [0.2, 0.25) is 0 Å². The largest absolute Gasteiger partial charge is 0.480 e. The molecule has 1 amide bonds. The molecule has 5 nitrogen and oxygen atoms in total. The molecule has 21 heavy (non-hydrogen) atoms. The number of benzene rings is 1. The van der Waals surface area contributed by atoms with E-state index >= 15 is 0 Å². The minimum Gasteiger partial charge on any atom is -0.480 e. The fraction of sp³-hybridized carbons (Fsp3) is 0.375. The Balaban J connectivity index is 1.52. The molecule has 5 heteroatoms. The molecule has 1 aromatic carbocycles. The van der Waals surface area contributed by atoms with Crippen molar-refractivity contribution in [3.63, 3.8) is 0 Å². The summed E-state index contributed by atoms with van der Waals surface area (Å²) in [6.45, 7) is 4.34. The van der Waals surface area contributed by atoms with Crippen LogP contribution in [0.15, 0.2) is 28.8 Å². The van der Waals surface area contributed by atoms with Gasteiger partial charge in [-0.25, -0.2) is 0 Å². The molecule has 0 bridgehead atoms. The van der Waals surface area contributed by atoms with E-state index < -0.39 is 6.10 Å². The van der Waals surface area contributed by atoms with Gasteiger partial charge >= 0.3 is 0 Å². The number of ether oxygens (including phenoxy) is 1. The minimum absolute atomic E-state index is 0.0713. The first-order chi connectivity index (χ1) is 10.1. The Hall–Kier alpha value is -2.30. The lowest BCUT2D eigenvalue weighted by Gasteiger charge is -2.11. The molecule has 0 aliphatic carbocycles. The van der Waals surface area contributed by atoms with Gasteiger partial charge < -0.3 is 14.6 Å². The van der Waals surface area contributed by atoms with E-state index in [-0.39, 0.29) is 5.91 Å². The lowest BCUT2D eigenvalue weighted by molar-refractivity contribution is -0.127. The Morgan fingerprint density at radius 2 is 2.19 bits per heavy atom. The predicted octanol–water partition coefficient (Wildman–Crippen LogP) is 1.95. The van der Waals surface area contributed by atoms with Crippen LogP contribution >= 0.6 is 0 Å². The predicted molar refractivity (Wildman–Crippen MR) is 77.3 cm³/mol. The van der Waals surface area contributed by atoms with E-state index in [0.717, 1.165) is 28.3 Å². The number of nitrogens with one attached hydrogen (secondary N) is 1. The van der Waals surface area contributed by atoms with Crippen molar-refractivity contribution in [1.29, 1.82) is 0 Å². The van der Waals surface area contributed by atoms with Crippen LogP contribution in [0.5, 0.6) is 5.75 Å². The Morgan fingerprint density at radius 3 is 2.90 bits per heavy atom. The third-order valence-corrected chi connectivity index (χ3v) is 3.80. The number of aromatic nitrogens is 1. The summed E-state index contributed by atoms with van der Waals surface area (Å²) in [5, 5.41) is 6.82. The van der Waals surface area contributed by atoms with Crippen molar-refractivity contribution in [2.24, 2.45) is 0 Å². The highest BCUT2D eigenvalue weighted by molar-refractivity contribution is 5.82. The summed E-state index contributed by atoms with van der Waals surface area (Å²) in [5.74, 6) is 1.55. The molecular weight excluding hydrogens is 268 g/mol. The number of carbonyl (C=O) groups is 1. The van der Waals surface area contributed by atoms with Gasteiger partial charge in [-0.1, -0.05) is 23.4 Å². The van der Waals surface area contributed by atoms with Crippen molar-refractivity contribution in [2.45, 2.75) is 32.8 Å². The van der Waals surface area contributed by atoms with Crippen molar-refractivity contribution in [2.75, 3.05) is 6.54 Å². The van der Waals surface area contributed by atoms with Crippen molar-refractivity contribution >= 4 is 5.91 Å². The maximum Gasteiger partial charge on any atom is 0.261 e. The fourth-order valence-electron chi connectivity index (χ4n) is 2.61. The molecule has 0 saturated heterocycles. The lowest BCUT2D eigenvalue weighted by Crippen LogP contribution is -2.38. The SMILES string of the molecule is Cc1noc(C)c1CCNC(=O)C1Cc2ccccc2O1. The van der Waals surface area contributed by atoms with E-state index in [1.807, 2.05) is 38.1 Å². The zero-order chi connectivity index (χ0) is 14.8. The van der Waals surface area contributed by atoms with Crippen molar-refractivity contribution in [1.82, 2.24) is 10.5 Å². The second kappa shape index (κ2) is 5.60. The monoisotopic (exact) mass is 286 g/mol. The summed E-state index contributed by atoms with van der Waals surface area (Å²) < 4.78 is 10.8. The van der Waals surface area contributed by atoms with Crippen LogP contribution in [-0.4, -0.2) is 23.7 Å². The van der Waals surface area contributed by atoms with Crippen LogP contribution in [0.3, 0.4) is 0 Å². The third-order valence-electron chi connectivity index (χ3n) is 3.80. The molecule has 1 atom stereocenters. The average Bonchev–Trinajstić information content (AvgIpc) is 3.04. The molecule has 110 valence electrons. The summed E-state index contributed by atoms with van der Waals surface area (Å²) in [6, 6.07) is 7.76. The van der Waals surface area contributed by atoms with Gasteiger partial charge in [0.1, 0.15) is 11.5 Å². The van der Waals surface area contributed by atoms with E-state index in [4.69, 9.17) is 9.26 Å². The zero-order valence-corrected chi connectivity index (χ0v) is 12.2. The highest BCUT2D eigenvalue weighted by atomic mass is 16.5. The molecule has 1 aliphatic rings. The van der Waals surface area contributed by atoms with Gasteiger partial charge in [0, 0.05) is 18.5 Å². The van der Waals surface area contributed by atoms with Crippen LogP contribution in [0.1, 0.15) is 22.6 Å². The number of carbonyl (C=O) groups excluding carboxylic acids is 1. The maximum absolute atomic E-state index is 12.1. The Bertz CT molecular complexity index is 619. The van der Waals surface area contributed by atoms with Gasteiger partial charge in [-0.3, -0.25) is 4.79 Å². The zero-order valence-electron chi connectivity index (χ0n) is 12.2. The molecule has 0 fully saturated rings. The second-order valence-corrected chi connectivity index (χ2v) is 5.26. The standard InChI is InChI=1S/C16H18N2O3/c1-10-13(11(2)21-18-10)7-8-17-16(19)15-9-12-5-3-4-6-14(12)20-15/h3-6,15H,7-9H2,1-2H3,(H,17,19). The number of hydrogen-bond donors (Lipinski definition) is 1. The minimum atomic E-state index is -0.424.